The van der Waals surface area contributed by atoms with E-state index in [-0.39, 0.29) is 0 Å². The van der Waals surface area contributed by atoms with Crippen LogP contribution in [0.4, 0.5) is 0 Å². The third-order valence-electron chi connectivity index (χ3n) is 2.94. The van der Waals surface area contributed by atoms with Gasteiger partial charge < -0.3 is 14.6 Å². The van der Waals surface area contributed by atoms with Gasteiger partial charge >= 0.3 is 0 Å². The highest BCUT2D eigenvalue weighted by atomic mass is 16.5. The number of rotatable bonds is 5. The maximum Gasteiger partial charge on any atom is 0.122 e. The van der Waals surface area contributed by atoms with Crippen LogP contribution in [0.1, 0.15) is 17.2 Å². The van der Waals surface area contributed by atoms with Gasteiger partial charge in [0.25, 0.3) is 0 Å². The summed E-state index contributed by atoms with van der Waals surface area (Å²) in [6.45, 7) is 0. The second-order valence-electron chi connectivity index (χ2n) is 4.22. The second-order valence-corrected chi connectivity index (χ2v) is 4.22. The minimum Gasteiger partial charge on any atom is -0.497 e. The van der Waals surface area contributed by atoms with Crippen molar-refractivity contribution in [3.63, 3.8) is 0 Å². The highest BCUT2D eigenvalue weighted by molar-refractivity contribution is 5.39. The fraction of sp³-hybridized carbons (Fsp3) is 0.267. The van der Waals surface area contributed by atoms with Gasteiger partial charge in [0.05, 0.1) is 20.3 Å². The number of aliphatic hydroxyl groups is 1. The van der Waals surface area contributed by atoms with E-state index in [9.17, 15) is 5.11 Å². The molecule has 1 unspecified atom stereocenters. The van der Waals surface area contributed by atoms with Crippen molar-refractivity contribution in [2.45, 2.75) is 12.5 Å². The summed E-state index contributed by atoms with van der Waals surface area (Å²) in [5.41, 5.74) is 1.80. The molecule has 0 spiro atoms. The first-order chi connectivity index (χ1) is 9.22. The largest absolute Gasteiger partial charge is 0.497 e. The Balaban J connectivity index is 2.20. The Labute approximate surface area is 112 Å². The molecule has 1 heterocycles. The van der Waals surface area contributed by atoms with Gasteiger partial charge in [0.1, 0.15) is 11.5 Å². The quantitative estimate of drug-likeness (QED) is 0.895. The number of nitrogens with zero attached hydrogens (tertiary/aromatic N) is 1. The van der Waals surface area contributed by atoms with Crippen molar-refractivity contribution in [1.29, 1.82) is 0 Å². The molecule has 0 saturated heterocycles. The summed E-state index contributed by atoms with van der Waals surface area (Å²) < 4.78 is 10.4. The van der Waals surface area contributed by atoms with Crippen molar-refractivity contribution in [2.75, 3.05) is 14.2 Å². The van der Waals surface area contributed by atoms with Crippen molar-refractivity contribution in [2.24, 2.45) is 0 Å². The van der Waals surface area contributed by atoms with Crippen LogP contribution in [0, 0.1) is 0 Å². The third-order valence-corrected chi connectivity index (χ3v) is 2.94. The summed E-state index contributed by atoms with van der Waals surface area (Å²) in [4.78, 5) is 3.96. The Morgan fingerprint density at radius 1 is 1.05 bits per heavy atom. The molecule has 4 heteroatoms. The van der Waals surface area contributed by atoms with E-state index in [1.54, 1.807) is 32.7 Å². The zero-order valence-corrected chi connectivity index (χ0v) is 11.0. The van der Waals surface area contributed by atoms with E-state index in [0.717, 1.165) is 11.1 Å². The monoisotopic (exact) mass is 259 g/mol. The lowest BCUT2D eigenvalue weighted by Crippen LogP contribution is -2.03. The molecule has 0 aliphatic carbocycles. The predicted octanol–water partition coefficient (Wildman–Crippen LogP) is 2.37. The summed E-state index contributed by atoms with van der Waals surface area (Å²) in [6.07, 6.45) is 3.35. The zero-order chi connectivity index (χ0) is 13.7. The molecular weight excluding hydrogens is 242 g/mol. The van der Waals surface area contributed by atoms with Gasteiger partial charge in [-0.25, -0.2) is 0 Å². The number of aliphatic hydroxyl groups excluding tert-OH is 1. The topological polar surface area (TPSA) is 51.6 Å². The van der Waals surface area contributed by atoms with Crippen LogP contribution in [0.3, 0.4) is 0 Å². The average Bonchev–Trinajstić information content (AvgIpc) is 2.47. The molecule has 1 aromatic carbocycles. The molecule has 0 bridgehead atoms. The molecule has 2 aromatic rings. The molecule has 4 nitrogen and oxygen atoms in total. The molecule has 100 valence electrons. The lowest BCUT2D eigenvalue weighted by atomic mass is 10.0. The van der Waals surface area contributed by atoms with Crippen LogP contribution in [0.15, 0.2) is 42.7 Å². The lowest BCUT2D eigenvalue weighted by molar-refractivity contribution is 0.177. The fourth-order valence-corrected chi connectivity index (χ4v) is 1.88. The summed E-state index contributed by atoms with van der Waals surface area (Å²) in [5, 5.41) is 10.3. The van der Waals surface area contributed by atoms with E-state index in [1.807, 2.05) is 24.3 Å². The Hall–Kier alpha value is -2.07. The molecule has 0 aliphatic rings. The van der Waals surface area contributed by atoms with Gasteiger partial charge in [-0.15, -0.1) is 0 Å². The molecule has 1 N–H and O–H groups in total. The smallest absolute Gasteiger partial charge is 0.122 e. The van der Waals surface area contributed by atoms with Gasteiger partial charge in [-0.05, 0) is 35.4 Å². The van der Waals surface area contributed by atoms with Crippen LogP contribution in [-0.4, -0.2) is 24.3 Å². The average molecular weight is 259 g/mol. The fourth-order valence-electron chi connectivity index (χ4n) is 1.88. The molecule has 1 aromatic heterocycles. The van der Waals surface area contributed by atoms with Crippen molar-refractivity contribution in [3.8, 4) is 11.5 Å². The van der Waals surface area contributed by atoms with Crippen molar-refractivity contribution in [3.05, 3.63) is 53.9 Å². The van der Waals surface area contributed by atoms with E-state index in [2.05, 4.69) is 4.98 Å². The number of hydrogen-bond acceptors (Lipinski definition) is 4. The maximum atomic E-state index is 10.3. The summed E-state index contributed by atoms with van der Waals surface area (Å²) in [5.74, 6) is 1.34. The summed E-state index contributed by atoms with van der Waals surface area (Å²) in [7, 11) is 3.18. The Morgan fingerprint density at radius 2 is 1.63 bits per heavy atom. The van der Waals surface area contributed by atoms with Gasteiger partial charge in [0.15, 0.2) is 0 Å². The molecule has 0 radical (unpaired) electrons. The first-order valence-electron chi connectivity index (χ1n) is 6.03. The van der Waals surface area contributed by atoms with E-state index in [4.69, 9.17) is 9.47 Å². The van der Waals surface area contributed by atoms with E-state index >= 15 is 0 Å². The minimum absolute atomic E-state index is 0.527. The molecular formula is C15H17NO3. The SMILES string of the molecule is COc1cc(OC)cc(C(O)Cc2ccncc2)c1. The van der Waals surface area contributed by atoms with E-state index in [1.165, 1.54) is 0 Å². The number of ether oxygens (including phenoxy) is 2. The van der Waals surface area contributed by atoms with Gasteiger partial charge in [0, 0.05) is 24.9 Å². The number of hydrogen-bond donors (Lipinski definition) is 1. The van der Waals surface area contributed by atoms with Crippen LogP contribution < -0.4 is 9.47 Å². The van der Waals surface area contributed by atoms with Gasteiger partial charge in [-0.2, -0.15) is 0 Å². The molecule has 0 fully saturated rings. The zero-order valence-electron chi connectivity index (χ0n) is 11.0. The van der Waals surface area contributed by atoms with Crippen molar-refractivity contribution < 1.29 is 14.6 Å². The summed E-state index contributed by atoms with van der Waals surface area (Å²) >= 11 is 0. The van der Waals surface area contributed by atoms with Crippen LogP contribution in [-0.2, 0) is 6.42 Å². The second kappa shape index (κ2) is 6.20. The molecule has 0 aliphatic heterocycles. The highest BCUT2D eigenvalue weighted by Crippen LogP contribution is 2.28. The lowest BCUT2D eigenvalue weighted by Gasteiger charge is -2.14. The highest BCUT2D eigenvalue weighted by Gasteiger charge is 2.11. The first kappa shape index (κ1) is 13.4. The van der Waals surface area contributed by atoms with Crippen LogP contribution in [0.25, 0.3) is 0 Å². The van der Waals surface area contributed by atoms with Gasteiger partial charge in [-0.3, -0.25) is 4.98 Å². The maximum absolute atomic E-state index is 10.3. The van der Waals surface area contributed by atoms with Crippen LogP contribution >= 0.6 is 0 Å². The Kier molecular flexibility index (Phi) is 4.36. The Morgan fingerprint density at radius 3 is 2.16 bits per heavy atom. The number of pyridine rings is 1. The van der Waals surface area contributed by atoms with Gasteiger partial charge in [0.2, 0.25) is 0 Å². The third kappa shape index (κ3) is 3.45. The van der Waals surface area contributed by atoms with Crippen LogP contribution in [0.5, 0.6) is 11.5 Å². The molecule has 0 amide bonds. The Bertz CT molecular complexity index is 506. The van der Waals surface area contributed by atoms with E-state index in [0.29, 0.717) is 17.9 Å². The first-order valence-corrected chi connectivity index (χ1v) is 6.03. The molecule has 2 rings (SSSR count). The normalized spacial score (nSPS) is 11.9. The standard InChI is InChI=1S/C15H17NO3/c1-18-13-8-12(9-14(10-13)19-2)15(17)7-11-3-5-16-6-4-11/h3-6,8-10,15,17H,7H2,1-2H3. The number of benzene rings is 1. The molecule has 0 saturated carbocycles. The summed E-state index contributed by atoms with van der Waals surface area (Å²) in [6, 6.07) is 9.19. The molecule has 19 heavy (non-hydrogen) atoms. The minimum atomic E-state index is -0.605. The van der Waals surface area contributed by atoms with E-state index < -0.39 is 6.10 Å². The van der Waals surface area contributed by atoms with Crippen LogP contribution in [0.2, 0.25) is 0 Å². The van der Waals surface area contributed by atoms with Gasteiger partial charge in [-0.1, -0.05) is 0 Å². The number of methoxy groups -OCH3 is 2. The predicted molar refractivity (Wildman–Crippen MR) is 72.4 cm³/mol. The van der Waals surface area contributed by atoms with Crippen molar-refractivity contribution >= 4 is 0 Å². The number of aromatic nitrogens is 1. The molecule has 1 atom stereocenters. The van der Waals surface area contributed by atoms with Crippen molar-refractivity contribution in [1.82, 2.24) is 4.98 Å².